The van der Waals surface area contributed by atoms with E-state index in [1.165, 1.54) is 0 Å². The van der Waals surface area contributed by atoms with Gasteiger partial charge in [0, 0.05) is 0 Å². The van der Waals surface area contributed by atoms with Gasteiger partial charge in [-0.15, -0.1) is 11.6 Å². The average molecular weight is 234 g/mol. The second-order valence-corrected chi connectivity index (χ2v) is 3.78. The molecule has 0 bridgehead atoms. The minimum atomic E-state index is -0.538. The zero-order valence-corrected chi connectivity index (χ0v) is 10.1. The third-order valence-electron chi connectivity index (χ3n) is 1.43. The van der Waals surface area contributed by atoms with E-state index in [1.807, 2.05) is 0 Å². The van der Waals surface area contributed by atoms with Gasteiger partial charge in [0.05, 0.1) is 6.10 Å². The summed E-state index contributed by atoms with van der Waals surface area (Å²) in [4.78, 5) is 22.5. The van der Waals surface area contributed by atoms with Gasteiger partial charge >= 0.3 is 5.97 Å². The van der Waals surface area contributed by atoms with Crippen LogP contribution in [0.1, 0.15) is 27.7 Å². The fourth-order valence-corrected chi connectivity index (χ4v) is 0.893. The summed E-state index contributed by atoms with van der Waals surface area (Å²) in [5, 5.41) is 2.41. The van der Waals surface area contributed by atoms with Crippen molar-refractivity contribution in [1.82, 2.24) is 5.32 Å². The van der Waals surface area contributed by atoms with Crippen LogP contribution < -0.4 is 5.32 Å². The van der Waals surface area contributed by atoms with E-state index >= 15 is 0 Å². The lowest BCUT2D eigenvalue weighted by atomic mass is 10.2. The minimum absolute atomic E-state index is 0.161. The van der Waals surface area contributed by atoms with Crippen molar-refractivity contribution in [2.45, 2.75) is 33.8 Å². The molecular formula is C10H16ClNO3. The van der Waals surface area contributed by atoms with E-state index in [0.717, 1.165) is 0 Å². The van der Waals surface area contributed by atoms with E-state index in [1.54, 1.807) is 27.7 Å². The average Bonchev–Trinajstić information content (AvgIpc) is 2.11. The molecule has 0 saturated carbocycles. The zero-order valence-electron chi connectivity index (χ0n) is 9.39. The Morgan fingerprint density at radius 1 is 1.33 bits per heavy atom. The van der Waals surface area contributed by atoms with Gasteiger partial charge in [-0.2, -0.15) is 0 Å². The first-order chi connectivity index (χ1) is 6.88. The molecule has 0 aromatic rings. The third kappa shape index (κ3) is 5.42. The van der Waals surface area contributed by atoms with E-state index in [9.17, 15) is 9.59 Å². The number of esters is 1. The van der Waals surface area contributed by atoms with Crippen molar-refractivity contribution in [3.8, 4) is 0 Å². The molecule has 0 aliphatic carbocycles. The van der Waals surface area contributed by atoms with Gasteiger partial charge in [0.15, 0.2) is 0 Å². The first-order valence-corrected chi connectivity index (χ1v) is 5.16. The second kappa shape index (κ2) is 6.45. The van der Waals surface area contributed by atoms with Gasteiger partial charge in [0.2, 0.25) is 5.91 Å². The summed E-state index contributed by atoms with van der Waals surface area (Å²) in [5.41, 5.74) is 0.841. The highest BCUT2D eigenvalue weighted by molar-refractivity contribution is 6.27. The smallest absolute Gasteiger partial charge is 0.355 e. The van der Waals surface area contributed by atoms with Gasteiger partial charge in [-0.3, -0.25) is 4.79 Å². The van der Waals surface area contributed by atoms with Gasteiger partial charge in [-0.1, -0.05) is 0 Å². The maximum absolute atomic E-state index is 11.5. The van der Waals surface area contributed by atoms with Crippen molar-refractivity contribution in [3.63, 3.8) is 0 Å². The predicted molar refractivity (Wildman–Crippen MR) is 58.5 cm³/mol. The molecule has 0 aliphatic heterocycles. The highest BCUT2D eigenvalue weighted by atomic mass is 35.5. The molecule has 4 nitrogen and oxygen atoms in total. The van der Waals surface area contributed by atoms with Crippen LogP contribution >= 0.6 is 11.6 Å². The molecule has 5 heteroatoms. The molecule has 0 unspecified atom stereocenters. The van der Waals surface area contributed by atoms with Crippen molar-refractivity contribution >= 4 is 23.5 Å². The molecule has 0 aromatic carbocycles. The van der Waals surface area contributed by atoms with Gasteiger partial charge < -0.3 is 10.1 Å². The maximum atomic E-state index is 11.5. The van der Waals surface area contributed by atoms with Crippen LogP contribution in [0.3, 0.4) is 0 Å². The normalized spacial score (nSPS) is 9.73. The number of rotatable bonds is 4. The van der Waals surface area contributed by atoms with Crippen molar-refractivity contribution < 1.29 is 14.3 Å². The third-order valence-corrected chi connectivity index (χ3v) is 1.68. The maximum Gasteiger partial charge on any atom is 0.355 e. The molecule has 0 atom stereocenters. The number of nitrogens with one attached hydrogen (secondary N) is 1. The molecule has 0 radical (unpaired) electrons. The van der Waals surface area contributed by atoms with Crippen LogP contribution in [0.2, 0.25) is 0 Å². The lowest BCUT2D eigenvalue weighted by Gasteiger charge is -2.12. The number of hydrogen-bond donors (Lipinski definition) is 1. The summed E-state index contributed by atoms with van der Waals surface area (Å²) >= 11 is 5.32. The Morgan fingerprint density at radius 2 is 1.87 bits per heavy atom. The lowest BCUT2D eigenvalue weighted by molar-refractivity contribution is -0.144. The Balaban J connectivity index is 4.63. The Bertz CT molecular complexity index is 280. The molecule has 1 amide bonds. The SMILES string of the molecule is CC(C)=C(NC(=O)CCl)C(=O)OC(C)C. The van der Waals surface area contributed by atoms with Gasteiger partial charge in [-0.25, -0.2) is 4.79 Å². The Hall–Kier alpha value is -1.03. The minimum Gasteiger partial charge on any atom is -0.458 e. The predicted octanol–water partition coefficient (Wildman–Crippen LogP) is 1.59. The molecule has 0 aromatic heterocycles. The van der Waals surface area contributed by atoms with Crippen LogP contribution in [0.25, 0.3) is 0 Å². The van der Waals surface area contributed by atoms with Gasteiger partial charge in [0.1, 0.15) is 11.6 Å². The first kappa shape index (κ1) is 14.0. The molecular weight excluding hydrogens is 218 g/mol. The van der Waals surface area contributed by atoms with Crippen LogP contribution in [0.15, 0.2) is 11.3 Å². The molecule has 0 spiro atoms. The zero-order chi connectivity index (χ0) is 12.0. The first-order valence-electron chi connectivity index (χ1n) is 4.62. The van der Waals surface area contributed by atoms with Crippen LogP contribution in [-0.4, -0.2) is 23.9 Å². The molecule has 0 rings (SSSR count). The summed E-state index contributed by atoms with van der Waals surface area (Å²) in [6, 6.07) is 0. The quantitative estimate of drug-likeness (QED) is 0.456. The fourth-order valence-electron chi connectivity index (χ4n) is 0.826. The summed E-state index contributed by atoms with van der Waals surface area (Å²) in [6.45, 7) is 6.91. The molecule has 86 valence electrons. The number of ether oxygens (including phenoxy) is 1. The monoisotopic (exact) mass is 233 g/mol. The molecule has 0 saturated heterocycles. The second-order valence-electron chi connectivity index (χ2n) is 3.51. The number of amides is 1. The van der Waals surface area contributed by atoms with Crippen LogP contribution in [0.5, 0.6) is 0 Å². The van der Waals surface area contributed by atoms with Crippen LogP contribution in [-0.2, 0) is 14.3 Å². The number of carbonyl (C=O) groups excluding carboxylic acids is 2. The summed E-state index contributed by atoms with van der Waals surface area (Å²) < 4.78 is 4.96. The molecule has 0 fully saturated rings. The van der Waals surface area contributed by atoms with Gasteiger partial charge in [-0.05, 0) is 33.3 Å². The Labute approximate surface area is 94.6 Å². The lowest BCUT2D eigenvalue weighted by Crippen LogP contribution is -2.31. The van der Waals surface area contributed by atoms with Crippen molar-refractivity contribution in [2.75, 3.05) is 5.88 Å². The van der Waals surface area contributed by atoms with E-state index < -0.39 is 11.9 Å². The van der Waals surface area contributed by atoms with Crippen LogP contribution in [0, 0.1) is 0 Å². The van der Waals surface area contributed by atoms with E-state index in [-0.39, 0.29) is 17.7 Å². The van der Waals surface area contributed by atoms with Crippen LogP contribution in [0.4, 0.5) is 0 Å². The number of hydrogen-bond acceptors (Lipinski definition) is 3. The van der Waals surface area contributed by atoms with E-state index in [4.69, 9.17) is 16.3 Å². The number of halogens is 1. The van der Waals surface area contributed by atoms with Crippen molar-refractivity contribution in [1.29, 1.82) is 0 Å². The van der Waals surface area contributed by atoms with E-state index in [2.05, 4.69) is 5.32 Å². The number of allylic oxidation sites excluding steroid dienone is 1. The summed E-state index contributed by atoms with van der Waals surface area (Å²) in [6.07, 6.45) is -0.222. The summed E-state index contributed by atoms with van der Waals surface area (Å²) in [5.74, 6) is -1.15. The molecule has 15 heavy (non-hydrogen) atoms. The largest absolute Gasteiger partial charge is 0.458 e. The molecule has 1 N–H and O–H groups in total. The Kier molecular flexibility index (Phi) is 6.01. The standard InChI is InChI=1S/C10H16ClNO3/c1-6(2)9(12-8(13)5-11)10(14)15-7(3)4/h7H,5H2,1-4H3,(H,12,13). The fraction of sp³-hybridized carbons (Fsp3) is 0.600. The van der Waals surface area contributed by atoms with Crippen molar-refractivity contribution in [3.05, 3.63) is 11.3 Å². The molecule has 0 aliphatic rings. The van der Waals surface area contributed by atoms with E-state index in [0.29, 0.717) is 5.57 Å². The highest BCUT2D eigenvalue weighted by Crippen LogP contribution is 2.04. The number of alkyl halides is 1. The number of carbonyl (C=O) groups is 2. The van der Waals surface area contributed by atoms with Crippen molar-refractivity contribution in [2.24, 2.45) is 0 Å². The topological polar surface area (TPSA) is 55.4 Å². The summed E-state index contributed by atoms with van der Waals surface area (Å²) in [7, 11) is 0. The molecule has 0 heterocycles. The highest BCUT2D eigenvalue weighted by Gasteiger charge is 2.16. The Morgan fingerprint density at radius 3 is 2.20 bits per heavy atom. The van der Waals surface area contributed by atoms with Gasteiger partial charge in [0.25, 0.3) is 0 Å².